The third-order valence-electron chi connectivity index (χ3n) is 9.57. The second kappa shape index (κ2) is 42.3. The number of esters is 2. The molecule has 0 aromatic carbocycles. The van der Waals surface area contributed by atoms with Crippen LogP contribution in [0.15, 0.2) is 60.8 Å². The molecule has 0 aromatic heterocycles. The molecule has 342 valence electrons. The summed E-state index contributed by atoms with van der Waals surface area (Å²) in [6.45, 7) is 3.38. The molecule has 0 aliphatic carbocycles. The Labute approximate surface area is 358 Å². The van der Waals surface area contributed by atoms with E-state index in [-0.39, 0.29) is 32.6 Å². The van der Waals surface area contributed by atoms with Gasteiger partial charge in [0.1, 0.15) is 6.61 Å². The molecule has 4 atom stereocenters. The Bertz CT molecular complexity index is 1190. The molecule has 12 heteroatoms. The summed E-state index contributed by atoms with van der Waals surface area (Å²) >= 11 is 0. The Hall–Kier alpha value is -2.37. The maximum atomic E-state index is 12.6. The summed E-state index contributed by atoms with van der Waals surface area (Å²) in [5.74, 6) is -1.07. The minimum Gasteiger partial charge on any atom is -0.462 e. The fraction of sp³-hybridized carbons (Fsp3) is 0.745. The van der Waals surface area contributed by atoms with Crippen molar-refractivity contribution in [3.63, 3.8) is 0 Å². The zero-order valence-corrected chi connectivity index (χ0v) is 37.8. The van der Waals surface area contributed by atoms with E-state index < -0.39 is 44.7 Å². The molecule has 0 aliphatic heterocycles. The molecule has 0 radical (unpaired) electrons. The average molecular weight is 854 g/mol. The number of carbonyl (C=O) groups excluding carboxylic acids is 2. The van der Waals surface area contributed by atoms with E-state index in [1.165, 1.54) is 103 Å². The van der Waals surface area contributed by atoms with Crippen LogP contribution < -0.4 is 5.73 Å². The third-order valence-corrected chi connectivity index (χ3v) is 10.6. The van der Waals surface area contributed by atoms with Gasteiger partial charge in [0.25, 0.3) is 0 Å². The number of unbranched alkanes of at least 4 members (excludes halogenated alkanes) is 18. The van der Waals surface area contributed by atoms with E-state index >= 15 is 0 Å². The number of hydrogen-bond acceptors (Lipinski definition) is 10. The standard InChI is InChI=1S/C47H84NO10P/c1-3-5-7-9-11-12-13-14-15-16-17-18-19-20-21-22-23-25-31-37-47(52)58-45(42-57-59(53,54)56-40-39-48)41-55-46(51)38-32-36-44(50)35-30-27-26-29-34-43(49)33-28-24-10-8-6-4-2/h14-15,24,26-30,34-35,43-45,49-50H,3-13,16-23,25,31-33,36-42,48H2,1-2H3,(H,53,54)/b15-14-,27-26+,28-24-,34-29+,35-30-/t43-,44-,45-/m1/s1. The van der Waals surface area contributed by atoms with Crippen LogP contribution in [-0.2, 0) is 32.7 Å². The molecule has 0 aliphatic rings. The highest BCUT2D eigenvalue weighted by Crippen LogP contribution is 2.43. The molecule has 0 aromatic rings. The van der Waals surface area contributed by atoms with Gasteiger partial charge in [0.2, 0.25) is 0 Å². The molecule has 0 saturated heterocycles. The third kappa shape index (κ3) is 42.1. The van der Waals surface area contributed by atoms with Gasteiger partial charge in [-0.3, -0.25) is 18.6 Å². The predicted molar refractivity (Wildman–Crippen MR) is 241 cm³/mol. The maximum Gasteiger partial charge on any atom is 0.472 e. The van der Waals surface area contributed by atoms with Gasteiger partial charge in [-0.15, -0.1) is 0 Å². The van der Waals surface area contributed by atoms with Crippen LogP contribution in [-0.4, -0.2) is 71.7 Å². The summed E-state index contributed by atoms with van der Waals surface area (Å²) in [6.07, 6.45) is 43.1. The minimum absolute atomic E-state index is 0.0162. The minimum atomic E-state index is -4.44. The first kappa shape index (κ1) is 56.6. The van der Waals surface area contributed by atoms with Crippen molar-refractivity contribution < 1.29 is 47.8 Å². The number of phosphoric ester groups is 1. The van der Waals surface area contributed by atoms with Gasteiger partial charge < -0.3 is 30.3 Å². The molecule has 11 nitrogen and oxygen atoms in total. The quantitative estimate of drug-likeness (QED) is 0.0151. The second-order valence-corrected chi connectivity index (χ2v) is 16.8. The van der Waals surface area contributed by atoms with E-state index in [1.54, 1.807) is 36.5 Å². The Balaban J connectivity index is 4.36. The molecule has 0 rings (SSSR count). The van der Waals surface area contributed by atoms with Crippen molar-refractivity contribution in [2.45, 2.75) is 199 Å². The molecule has 0 bridgehead atoms. The number of phosphoric acid groups is 1. The SMILES string of the molecule is CCCCC/C=C\C[C@@H](O)/C=C/C=C/C=C\[C@@H](O)CCCC(=O)OC[C@H](COP(=O)(O)OCCN)OC(=O)CCCCCCCCCCC/C=C\CCCCCCCC. The summed E-state index contributed by atoms with van der Waals surface area (Å²) in [6, 6.07) is 0. The summed E-state index contributed by atoms with van der Waals surface area (Å²) < 4.78 is 32.6. The summed E-state index contributed by atoms with van der Waals surface area (Å²) in [4.78, 5) is 34.9. The number of aliphatic hydroxyl groups is 2. The summed E-state index contributed by atoms with van der Waals surface area (Å²) in [7, 11) is -4.44. The first-order chi connectivity index (χ1) is 28.6. The van der Waals surface area contributed by atoms with Gasteiger partial charge in [0.05, 0.1) is 25.4 Å². The number of rotatable bonds is 42. The number of nitrogens with two attached hydrogens (primary N) is 1. The van der Waals surface area contributed by atoms with E-state index in [0.29, 0.717) is 25.7 Å². The number of aliphatic hydroxyl groups excluding tert-OH is 2. The van der Waals surface area contributed by atoms with Gasteiger partial charge in [0.15, 0.2) is 6.10 Å². The van der Waals surface area contributed by atoms with Gasteiger partial charge in [-0.05, 0) is 64.2 Å². The first-order valence-electron chi connectivity index (χ1n) is 23.0. The summed E-state index contributed by atoms with van der Waals surface area (Å²) in [5.41, 5.74) is 5.34. The van der Waals surface area contributed by atoms with Gasteiger partial charge >= 0.3 is 19.8 Å². The zero-order chi connectivity index (χ0) is 43.5. The number of carbonyl (C=O) groups is 2. The van der Waals surface area contributed by atoms with Crippen LogP contribution in [0.3, 0.4) is 0 Å². The highest BCUT2D eigenvalue weighted by molar-refractivity contribution is 7.47. The second-order valence-electron chi connectivity index (χ2n) is 15.3. The Morgan fingerprint density at radius 3 is 1.68 bits per heavy atom. The van der Waals surface area contributed by atoms with E-state index in [9.17, 15) is 29.3 Å². The average Bonchev–Trinajstić information content (AvgIpc) is 3.21. The van der Waals surface area contributed by atoms with E-state index in [4.69, 9.17) is 24.3 Å². The lowest BCUT2D eigenvalue weighted by Gasteiger charge is -2.20. The van der Waals surface area contributed by atoms with Crippen molar-refractivity contribution in [1.82, 2.24) is 0 Å². The van der Waals surface area contributed by atoms with Crippen molar-refractivity contribution in [1.29, 1.82) is 0 Å². The molecule has 0 heterocycles. The van der Waals surface area contributed by atoms with Crippen molar-refractivity contribution in [3.8, 4) is 0 Å². The Kier molecular flexibility index (Phi) is 40.6. The van der Waals surface area contributed by atoms with Crippen LogP contribution in [0.5, 0.6) is 0 Å². The lowest BCUT2D eigenvalue weighted by atomic mass is 10.1. The van der Waals surface area contributed by atoms with Gasteiger partial charge in [-0.25, -0.2) is 4.57 Å². The van der Waals surface area contributed by atoms with Crippen LogP contribution in [0.25, 0.3) is 0 Å². The topological polar surface area (TPSA) is 175 Å². The van der Waals surface area contributed by atoms with Crippen molar-refractivity contribution in [2.24, 2.45) is 5.73 Å². The normalized spacial score (nSPS) is 14.9. The molecule has 0 saturated carbocycles. The highest BCUT2D eigenvalue weighted by Gasteiger charge is 2.26. The predicted octanol–water partition coefficient (Wildman–Crippen LogP) is 11.2. The van der Waals surface area contributed by atoms with Crippen LogP contribution >= 0.6 is 7.82 Å². The Morgan fingerprint density at radius 2 is 1.08 bits per heavy atom. The smallest absolute Gasteiger partial charge is 0.462 e. The molecule has 0 spiro atoms. The van der Waals surface area contributed by atoms with Crippen LogP contribution in [0.4, 0.5) is 0 Å². The zero-order valence-electron chi connectivity index (χ0n) is 36.9. The number of allylic oxidation sites excluding steroid dienone is 7. The molecule has 59 heavy (non-hydrogen) atoms. The molecular weight excluding hydrogens is 769 g/mol. The molecule has 1 unspecified atom stereocenters. The van der Waals surface area contributed by atoms with E-state index in [1.807, 2.05) is 6.08 Å². The van der Waals surface area contributed by atoms with Crippen molar-refractivity contribution in [2.75, 3.05) is 26.4 Å². The van der Waals surface area contributed by atoms with Crippen molar-refractivity contribution in [3.05, 3.63) is 60.8 Å². The van der Waals surface area contributed by atoms with Crippen LogP contribution in [0, 0.1) is 0 Å². The van der Waals surface area contributed by atoms with Gasteiger partial charge in [0, 0.05) is 19.4 Å². The largest absolute Gasteiger partial charge is 0.472 e. The lowest BCUT2D eigenvalue weighted by Crippen LogP contribution is -2.29. The molecule has 0 fully saturated rings. The fourth-order valence-corrected chi connectivity index (χ4v) is 6.82. The first-order valence-corrected chi connectivity index (χ1v) is 24.5. The van der Waals surface area contributed by atoms with Gasteiger partial charge in [-0.2, -0.15) is 0 Å². The van der Waals surface area contributed by atoms with Crippen molar-refractivity contribution >= 4 is 19.8 Å². The fourth-order valence-electron chi connectivity index (χ4n) is 6.06. The molecular formula is C47H84NO10P. The van der Waals surface area contributed by atoms with Gasteiger partial charge in [-0.1, -0.05) is 164 Å². The van der Waals surface area contributed by atoms with Crippen LogP contribution in [0.1, 0.15) is 181 Å². The molecule has 5 N–H and O–H groups in total. The molecule has 0 amide bonds. The maximum absolute atomic E-state index is 12.6. The lowest BCUT2D eigenvalue weighted by molar-refractivity contribution is -0.161. The number of hydrogen-bond donors (Lipinski definition) is 4. The van der Waals surface area contributed by atoms with E-state index in [0.717, 1.165) is 25.7 Å². The van der Waals surface area contributed by atoms with E-state index in [2.05, 4.69) is 32.1 Å². The summed E-state index contributed by atoms with van der Waals surface area (Å²) in [5, 5.41) is 20.3. The number of ether oxygens (including phenoxy) is 2. The monoisotopic (exact) mass is 854 g/mol. The highest BCUT2D eigenvalue weighted by atomic mass is 31.2. The van der Waals surface area contributed by atoms with Crippen LogP contribution in [0.2, 0.25) is 0 Å². The Morgan fingerprint density at radius 1 is 0.593 bits per heavy atom.